The van der Waals surface area contributed by atoms with Crippen LogP contribution in [0, 0.1) is 0 Å². The molecule has 1 heterocycles. The van der Waals surface area contributed by atoms with Crippen molar-refractivity contribution in [1.29, 1.82) is 0 Å². The molecule has 0 atom stereocenters. The number of halogens is 1. The van der Waals surface area contributed by atoms with E-state index in [0.717, 1.165) is 28.4 Å². The highest BCUT2D eigenvalue weighted by Crippen LogP contribution is 2.33. The first-order valence-corrected chi connectivity index (χ1v) is 13.1. The van der Waals surface area contributed by atoms with E-state index >= 15 is 0 Å². The van der Waals surface area contributed by atoms with Gasteiger partial charge in [-0.25, -0.2) is 0 Å². The molecule has 1 amide bonds. The summed E-state index contributed by atoms with van der Waals surface area (Å²) in [7, 11) is -0.564. The maximum atomic E-state index is 12.9. The van der Waals surface area contributed by atoms with Crippen LogP contribution in [0.15, 0.2) is 58.0 Å². The Hall–Kier alpha value is -2.72. The monoisotopic (exact) mass is 520 g/mol. The van der Waals surface area contributed by atoms with Crippen LogP contribution in [0.1, 0.15) is 33.3 Å². The lowest BCUT2D eigenvalue weighted by molar-refractivity contribution is -0.114. The largest absolute Gasteiger partial charge is 0.378 e. The van der Waals surface area contributed by atoms with Gasteiger partial charge in [-0.15, -0.1) is 0 Å². The lowest BCUT2D eigenvalue weighted by Crippen LogP contribution is -2.22. The normalized spacial score (nSPS) is 14.8. The second-order valence-electron chi connectivity index (χ2n) is 8.05. The number of anilines is 2. The molecule has 0 aromatic heterocycles. The van der Waals surface area contributed by atoms with Gasteiger partial charge in [0, 0.05) is 19.8 Å². The quantitative estimate of drug-likeness (QED) is 0.416. The van der Waals surface area contributed by atoms with Crippen LogP contribution >= 0.6 is 11.6 Å². The highest BCUT2D eigenvalue weighted by atomic mass is 35.5. The Morgan fingerprint density at radius 1 is 1.03 bits per heavy atom. The van der Waals surface area contributed by atoms with E-state index in [1.807, 2.05) is 43.3 Å². The molecule has 0 radical (unpaired) electrons. The van der Waals surface area contributed by atoms with Crippen molar-refractivity contribution in [2.24, 2.45) is 5.10 Å². The number of amides is 1. The first kappa shape index (κ1) is 28.5. The average Bonchev–Trinajstić information content (AvgIpc) is 3.08. The molecule has 8 nitrogen and oxygen atoms in total. The summed E-state index contributed by atoms with van der Waals surface area (Å²) in [5, 5.41) is 5.38. The minimum absolute atomic E-state index is 0.0764. The SMILES string of the molecule is CC1=NN(c2cc(S(=O)(=O)O)ccc2Cl)C(=O)/C1=C\c1ccc(N(C)C)cc1.CCN(CC)CC. The molecule has 190 valence electrons. The van der Waals surface area contributed by atoms with E-state index in [2.05, 4.69) is 30.8 Å². The van der Waals surface area contributed by atoms with Crippen LogP contribution < -0.4 is 9.91 Å². The minimum atomic E-state index is -4.44. The summed E-state index contributed by atoms with van der Waals surface area (Å²) in [5.41, 5.74) is 2.76. The Morgan fingerprint density at radius 3 is 2.06 bits per heavy atom. The zero-order valence-corrected chi connectivity index (χ0v) is 22.6. The van der Waals surface area contributed by atoms with E-state index in [9.17, 15) is 17.8 Å². The highest BCUT2D eigenvalue weighted by molar-refractivity contribution is 7.85. The van der Waals surface area contributed by atoms with Crippen molar-refractivity contribution in [3.05, 3.63) is 58.6 Å². The number of carbonyl (C=O) groups is 1. The fourth-order valence-corrected chi connectivity index (χ4v) is 4.07. The number of benzene rings is 2. The Morgan fingerprint density at radius 2 is 1.60 bits per heavy atom. The number of rotatable bonds is 7. The van der Waals surface area contributed by atoms with Gasteiger partial charge in [0.1, 0.15) is 0 Å². The van der Waals surface area contributed by atoms with Crippen LogP contribution in [-0.2, 0) is 14.9 Å². The van der Waals surface area contributed by atoms with Crippen molar-refractivity contribution in [2.45, 2.75) is 32.6 Å². The molecule has 2 aromatic rings. The summed E-state index contributed by atoms with van der Waals surface area (Å²) in [6.45, 7) is 11.8. The van der Waals surface area contributed by atoms with Crippen LogP contribution in [0.5, 0.6) is 0 Å². The van der Waals surface area contributed by atoms with E-state index in [-0.39, 0.29) is 15.6 Å². The lowest BCUT2D eigenvalue weighted by Gasteiger charge is -2.14. The highest BCUT2D eigenvalue weighted by Gasteiger charge is 2.30. The van der Waals surface area contributed by atoms with Gasteiger partial charge in [0.05, 0.1) is 26.9 Å². The Balaban J connectivity index is 0.000000540. The molecule has 0 aliphatic carbocycles. The van der Waals surface area contributed by atoms with E-state index < -0.39 is 16.0 Å². The third kappa shape index (κ3) is 7.38. The Labute approximate surface area is 213 Å². The molecule has 0 fully saturated rings. The predicted octanol–water partition coefficient (Wildman–Crippen LogP) is 4.81. The molecular weight excluding hydrogens is 488 g/mol. The fourth-order valence-electron chi connectivity index (χ4n) is 3.37. The average molecular weight is 521 g/mol. The zero-order chi connectivity index (χ0) is 26.3. The third-order valence-electron chi connectivity index (χ3n) is 5.57. The molecule has 1 aliphatic heterocycles. The maximum absolute atomic E-state index is 12.9. The summed E-state index contributed by atoms with van der Waals surface area (Å²) in [6, 6.07) is 11.2. The summed E-state index contributed by atoms with van der Waals surface area (Å²) < 4.78 is 32.0. The smallest absolute Gasteiger partial charge is 0.294 e. The molecule has 0 saturated carbocycles. The van der Waals surface area contributed by atoms with E-state index in [1.165, 1.54) is 25.7 Å². The van der Waals surface area contributed by atoms with Gasteiger partial charge in [0.25, 0.3) is 16.0 Å². The number of carbonyl (C=O) groups excluding carboxylic acids is 1. The number of hydrogen-bond donors (Lipinski definition) is 1. The van der Waals surface area contributed by atoms with Crippen molar-refractivity contribution in [3.8, 4) is 0 Å². The fraction of sp³-hybridized carbons (Fsp3) is 0.360. The van der Waals surface area contributed by atoms with Gasteiger partial charge in [-0.2, -0.15) is 18.5 Å². The number of nitrogens with zero attached hydrogens (tertiary/aromatic N) is 4. The molecule has 0 saturated heterocycles. The first-order chi connectivity index (χ1) is 16.4. The van der Waals surface area contributed by atoms with Gasteiger partial charge in [0.2, 0.25) is 0 Å². The summed E-state index contributed by atoms with van der Waals surface area (Å²) in [6.07, 6.45) is 1.71. The molecule has 1 aliphatic rings. The van der Waals surface area contributed by atoms with Gasteiger partial charge in [-0.1, -0.05) is 44.5 Å². The minimum Gasteiger partial charge on any atom is -0.378 e. The van der Waals surface area contributed by atoms with Gasteiger partial charge in [-0.05, 0) is 68.5 Å². The van der Waals surface area contributed by atoms with Gasteiger partial charge < -0.3 is 9.80 Å². The Kier molecular flexibility index (Phi) is 10.0. The van der Waals surface area contributed by atoms with Crippen LogP contribution in [0.4, 0.5) is 11.4 Å². The lowest BCUT2D eigenvalue weighted by atomic mass is 10.1. The van der Waals surface area contributed by atoms with Crippen molar-refractivity contribution < 1.29 is 17.8 Å². The van der Waals surface area contributed by atoms with E-state index in [0.29, 0.717) is 11.3 Å². The maximum Gasteiger partial charge on any atom is 0.294 e. The van der Waals surface area contributed by atoms with Gasteiger partial charge in [-0.3, -0.25) is 9.35 Å². The van der Waals surface area contributed by atoms with Crippen LogP contribution in [0.25, 0.3) is 6.08 Å². The van der Waals surface area contributed by atoms with E-state index in [4.69, 9.17) is 11.6 Å². The molecule has 3 rings (SSSR count). The topological polar surface area (TPSA) is 93.5 Å². The molecule has 10 heteroatoms. The summed E-state index contributed by atoms with van der Waals surface area (Å²) in [5.74, 6) is -0.441. The molecule has 35 heavy (non-hydrogen) atoms. The first-order valence-electron chi connectivity index (χ1n) is 11.3. The summed E-state index contributed by atoms with van der Waals surface area (Å²) in [4.78, 5) is 16.8. The molecular formula is C25H33ClN4O4S. The molecule has 1 N–H and O–H groups in total. The standard InChI is InChI=1S/C19H18ClN3O4S.C6H15N/c1-12-16(10-13-4-6-14(7-5-13)22(2)3)19(24)23(21-12)18-11-15(28(25,26)27)8-9-17(18)20;1-4-7(5-2)6-3/h4-11H,1-3H3,(H,25,26,27);4-6H2,1-3H3/b16-10-;. The molecule has 0 unspecified atom stereocenters. The zero-order valence-electron chi connectivity index (χ0n) is 21.0. The number of hydrogen-bond acceptors (Lipinski definition) is 6. The van der Waals surface area contributed by atoms with Gasteiger partial charge in [0.15, 0.2) is 0 Å². The van der Waals surface area contributed by atoms with Crippen LogP contribution in [0.2, 0.25) is 5.02 Å². The van der Waals surface area contributed by atoms with Crippen molar-refractivity contribution in [1.82, 2.24) is 4.90 Å². The van der Waals surface area contributed by atoms with Crippen molar-refractivity contribution in [3.63, 3.8) is 0 Å². The molecule has 0 bridgehead atoms. The molecule has 0 spiro atoms. The number of hydrazone groups is 1. The second-order valence-corrected chi connectivity index (χ2v) is 9.88. The van der Waals surface area contributed by atoms with Crippen molar-refractivity contribution >= 4 is 50.8 Å². The molecule has 2 aromatic carbocycles. The summed E-state index contributed by atoms with van der Waals surface area (Å²) >= 11 is 6.13. The van der Waals surface area contributed by atoms with Crippen LogP contribution in [-0.4, -0.2) is 63.2 Å². The second kappa shape index (κ2) is 12.3. The van der Waals surface area contributed by atoms with Crippen molar-refractivity contribution in [2.75, 3.05) is 43.6 Å². The predicted molar refractivity (Wildman–Crippen MR) is 144 cm³/mol. The van der Waals surface area contributed by atoms with Crippen LogP contribution in [0.3, 0.4) is 0 Å². The van der Waals surface area contributed by atoms with Gasteiger partial charge >= 0.3 is 0 Å². The third-order valence-corrected chi connectivity index (χ3v) is 6.74. The Bertz CT molecular complexity index is 1200. The van der Waals surface area contributed by atoms with E-state index in [1.54, 1.807) is 13.0 Å².